The van der Waals surface area contributed by atoms with Crippen LogP contribution in [0.3, 0.4) is 0 Å². The Morgan fingerprint density at radius 1 is 1.27 bits per heavy atom. The lowest BCUT2D eigenvalue weighted by atomic mass is 10.0. The molecule has 0 atom stereocenters. The van der Waals surface area contributed by atoms with Gasteiger partial charge in [0.1, 0.15) is 0 Å². The van der Waals surface area contributed by atoms with Crippen molar-refractivity contribution < 1.29 is 0 Å². The van der Waals surface area contributed by atoms with Gasteiger partial charge in [0, 0.05) is 12.4 Å². The van der Waals surface area contributed by atoms with Gasteiger partial charge in [-0.05, 0) is 30.0 Å². The van der Waals surface area contributed by atoms with Crippen LogP contribution in [0.4, 0.5) is 0 Å². The lowest BCUT2D eigenvalue weighted by Gasteiger charge is -2.02. The molecule has 0 aromatic carbocycles. The molecule has 0 spiro atoms. The van der Waals surface area contributed by atoms with Gasteiger partial charge in [0.25, 0.3) is 0 Å². The monoisotopic (exact) mass is 263 g/mol. The second kappa shape index (κ2) is 5.52. The van der Waals surface area contributed by atoms with E-state index in [-0.39, 0.29) is 24.0 Å². The van der Waals surface area contributed by atoms with Gasteiger partial charge in [-0.1, -0.05) is 13.8 Å². The van der Waals surface area contributed by atoms with Crippen molar-refractivity contribution >= 4 is 24.0 Å². The second-order valence-electron chi connectivity index (χ2n) is 2.95. The molecule has 0 N–H and O–H groups in total. The molecule has 1 aromatic heterocycles. The minimum Gasteiger partial charge on any atom is -0.265 e. The zero-order valence-corrected chi connectivity index (χ0v) is 9.28. The summed E-state index contributed by atoms with van der Waals surface area (Å²) in [6.45, 7) is 4.45. The van der Waals surface area contributed by atoms with E-state index in [1.807, 2.05) is 12.4 Å². The van der Waals surface area contributed by atoms with E-state index in [2.05, 4.69) is 31.0 Å². The van der Waals surface area contributed by atoms with E-state index >= 15 is 0 Å². The van der Waals surface area contributed by atoms with Crippen molar-refractivity contribution in [1.82, 2.24) is 4.98 Å². The fraction of sp³-hybridized carbons (Fsp3) is 0.444. The summed E-state index contributed by atoms with van der Waals surface area (Å²) in [6.07, 6.45) is 4.85. The largest absolute Gasteiger partial charge is 0.265 e. The number of halogens is 1. The highest BCUT2D eigenvalue weighted by Crippen LogP contribution is 2.04. The van der Waals surface area contributed by atoms with Gasteiger partial charge >= 0.3 is 0 Å². The standard InChI is InChI=1S/C9H13N.HI/c1-8(2)7-9-3-5-10-6-4-9;/h3-6,8H,7H2,1-2H3;1H. The molecule has 11 heavy (non-hydrogen) atoms. The topological polar surface area (TPSA) is 12.9 Å². The van der Waals surface area contributed by atoms with Gasteiger partial charge in [-0.15, -0.1) is 24.0 Å². The lowest BCUT2D eigenvalue weighted by molar-refractivity contribution is 0.647. The highest BCUT2D eigenvalue weighted by molar-refractivity contribution is 14.0. The minimum absolute atomic E-state index is 0. The molecule has 1 aromatic rings. The van der Waals surface area contributed by atoms with E-state index < -0.39 is 0 Å². The van der Waals surface area contributed by atoms with Crippen LogP contribution in [0.25, 0.3) is 0 Å². The molecule has 0 unspecified atom stereocenters. The Balaban J connectivity index is 0.000001000. The summed E-state index contributed by atoms with van der Waals surface area (Å²) >= 11 is 0. The molecule has 0 aliphatic heterocycles. The predicted molar refractivity (Wildman–Crippen MR) is 58.2 cm³/mol. The Bertz CT molecular complexity index is 184. The maximum Gasteiger partial charge on any atom is 0.0270 e. The van der Waals surface area contributed by atoms with E-state index in [9.17, 15) is 0 Å². The number of pyridine rings is 1. The van der Waals surface area contributed by atoms with Crippen molar-refractivity contribution in [3.63, 3.8) is 0 Å². The van der Waals surface area contributed by atoms with Crippen molar-refractivity contribution in [2.45, 2.75) is 20.3 Å². The quantitative estimate of drug-likeness (QED) is 0.747. The normalized spacial score (nSPS) is 9.36. The number of nitrogens with zero attached hydrogens (tertiary/aromatic N) is 1. The summed E-state index contributed by atoms with van der Waals surface area (Å²) in [5.41, 5.74) is 1.38. The van der Waals surface area contributed by atoms with Gasteiger partial charge < -0.3 is 0 Å². The second-order valence-corrected chi connectivity index (χ2v) is 2.95. The molecule has 1 heterocycles. The molecule has 0 bridgehead atoms. The SMILES string of the molecule is CC(C)Cc1ccncc1.I. The minimum atomic E-state index is 0. The lowest BCUT2D eigenvalue weighted by Crippen LogP contribution is -1.92. The van der Waals surface area contributed by atoms with E-state index in [0.717, 1.165) is 12.3 Å². The highest BCUT2D eigenvalue weighted by Gasteiger charge is 1.94. The molecule has 0 radical (unpaired) electrons. The summed E-state index contributed by atoms with van der Waals surface area (Å²) < 4.78 is 0. The molecule has 2 heteroatoms. The number of hydrogen-bond donors (Lipinski definition) is 0. The average Bonchev–Trinajstić information content (AvgIpc) is 1.88. The summed E-state index contributed by atoms with van der Waals surface area (Å²) in [7, 11) is 0. The Morgan fingerprint density at radius 3 is 2.27 bits per heavy atom. The van der Waals surface area contributed by atoms with Crippen LogP contribution in [-0.4, -0.2) is 4.98 Å². The van der Waals surface area contributed by atoms with Gasteiger partial charge in [0.15, 0.2) is 0 Å². The van der Waals surface area contributed by atoms with Gasteiger partial charge in [-0.2, -0.15) is 0 Å². The Labute approximate surface area is 85.3 Å². The molecule has 0 aliphatic rings. The number of aromatic nitrogens is 1. The van der Waals surface area contributed by atoms with Crippen LogP contribution in [-0.2, 0) is 6.42 Å². The van der Waals surface area contributed by atoms with Crippen molar-refractivity contribution in [3.05, 3.63) is 30.1 Å². The smallest absolute Gasteiger partial charge is 0.0270 e. The molecule has 0 amide bonds. The van der Waals surface area contributed by atoms with Gasteiger partial charge in [-0.25, -0.2) is 0 Å². The molecule has 0 fully saturated rings. The Kier molecular flexibility index (Phi) is 5.46. The fourth-order valence-electron chi connectivity index (χ4n) is 0.990. The van der Waals surface area contributed by atoms with Crippen molar-refractivity contribution in [3.8, 4) is 0 Å². The number of hydrogen-bond acceptors (Lipinski definition) is 1. The molecule has 0 saturated carbocycles. The van der Waals surface area contributed by atoms with Gasteiger partial charge in [0.05, 0.1) is 0 Å². The first kappa shape index (κ1) is 10.9. The van der Waals surface area contributed by atoms with E-state index in [1.165, 1.54) is 5.56 Å². The third kappa shape index (κ3) is 4.35. The summed E-state index contributed by atoms with van der Waals surface area (Å²) in [6, 6.07) is 4.14. The Hall–Kier alpha value is -0.120. The van der Waals surface area contributed by atoms with Crippen molar-refractivity contribution in [2.75, 3.05) is 0 Å². The zero-order chi connectivity index (χ0) is 7.40. The van der Waals surface area contributed by atoms with E-state index in [1.54, 1.807) is 0 Å². The third-order valence-corrected chi connectivity index (χ3v) is 1.39. The van der Waals surface area contributed by atoms with Crippen LogP contribution in [0.15, 0.2) is 24.5 Å². The van der Waals surface area contributed by atoms with Gasteiger partial charge in [0.2, 0.25) is 0 Å². The van der Waals surface area contributed by atoms with Gasteiger partial charge in [-0.3, -0.25) is 4.98 Å². The molecule has 1 rings (SSSR count). The molecule has 0 aliphatic carbocycles. The molecular weight excluding hydrogens is 249 g/mol. The first-order valence-corrected chi connectivity index (χ1v) is 3.68. The summed E-state index contributed by atoms with van der Waals surface area (Å²) in [5, 5.41) is 0. The first-order chi connectivity index (χ1) is 4.79. The average molecular weight is 263 g/mol. The first-order valence-electron chi connectivity index (χ1n) is 3.68. The van der Waals surface area contributed by atoms with Crippen LogP contribution < -0.4 is 0 Å². The predicted octanol–water partition coefficient (Wildman–Crippen LogP) is 2.90. The third-order valence-electron chi connectivity index (χ3n) is 1.39. The molecule has 0 saturated heterocycles. The van der Waals surface area contributed by atoms with Crippen LogP contribution in [0.5, 0.6) is 0 Å². The maximum atomic E-state index is 3.95. The highest BCUT2D eigenvalue weighted by atomic mass is 127. The Morgan fingerprint density at radius 2 is 1.82 bits per heavy atom. The molecular formula is C9H14IN. The van der Waals surface area contributed by atoms with E-state index in [4.69, 9.17) is 0 Å². The maximum absolute atomic E-state index is 3.95. The van der Waals surface area contributed by atoms with Crippen molar-refractivity contribution in [1.29, 1.82) is 0 Å². The van der Waals surface area contributed by atoms with E-state index in [0.29, 0.717) is 0 Å². The van der Waals surface area contributed by atoms with Crippen LogP contribution >= 0.6 is 24.0 Å². The fourth-order valence-corrected chi connectivity index (χ4v) is 0.990. The van der Waals surface area contributed by atoms with Crippen LogP contribution in [0.1, 0.15) is 19.4 Å². The van der Waals surface area contributed by atoms with Crippen LogP contribution in [0, 0.1) is 5.92 Å². The van der Waals surface area contributed by atoms with Crippen LogP contribution in [0.2, 0.25) is 0 Å². The molecule has 62 valence electrons. The summed E-state index contributed by atoms with van der Waals surface area (Å²) in [4.78, 5) is 3.95. The zero-order valence-electron chi connectivity index (χ0n) is 6.95. The summed E-state index contributed by atoms with van der Waals surface area (Å²) in [5.74, 6) is 0.738. The number of rotatable bonds is 2. The van der Waals surface area contributed by atoms with Crippen molar-refractivity contribution in [2.24, 2.45) is 5.92 Å². The molecule has 1 nitrogen and oxygen atoms in total.